The highest BCUT2D eigenvalue weighted by Crippen LogP contribution is 2.39. The summed E-state index contributed by atoms with van der Waals surface area (Å²) in [6, 6.07) is 15.5. The van der Waals surface area contributed by atoms with Crippen LogP contribution < -0.4 is 15.0 Å². The summed E-state index contributed by atoms with van der Waals surface area (Å²) >= 11 is 6.18. The van der Waals surface area contributed by atoms with Crippen LogP contribution in [0, 0.1) is 0 Å². The molecule has 0 unspecified atom stereocenters. The lowest BCUT2D eigenvalue weighted by molar-refractivity contribution is 0.135. The van der Waals surface area contributed by atoms with Gasteiger partial charge >= 0.3 is 0 Å². The molecule has 1 aliphatic rings. The molecule has 0 saturated carbocycles. The highest BCUT2D eigenvalue weighted by molar-refractivity contribution is 6.31. The zero-order valence-electron chi connectivity index (χ0n) is 13.5. The van der Waals surface area contributed by atoms with Gasteiger partial charge in [-0.25, -0.2) is 0 Å². The van der Waals surface area contributed by atoms with Crippen molar-refractivity contribution < 1.29 is 9.84 Å². The van der Waals surface area contributed by atoms with Crippen LogP contribution in [0.2, 0.25) is 5.02 Å². The summed E-state index contributed by atoms with van der Waals surface area (Å²) in [6.45, 7) is 1.80. The van der Waals surface area contributed by atoms with Gasteiger partial charge in [0, 0.05) is 11.6 Å². The minimum absolute atomic E-state index is 0. The van der Waals surface area contributed by atoms with Gasteiger partial charge in [-0.3, -0.25) is 0 Å². The van der Waals surface area contributed by atoms with Crippen molar-refractivity contribution in [2.24, 2.45) is 0 Å². The first-order valence-electron chi connectivity index (χ1n) is 7.77. The summed E-state index contributed by atoms with van der Waals surface area (Å²) in [7, 11) is 1.84. The van der Waals surface area contributed by atoms with Crippen molar-refractivity contribution in [3.05, 3.63) is 59.1 Å². The molecule has 0 aliphatic carbocycles. The third-order valence-corrected chi connectivity index (χ3v) is 4.31. The average Bonchev–Trinajstić information content (AvgIpc) is 2.57. The summed E-state index contributed by atoms with van der Waals surface area (Å²) in [6.07, 6.45) is -0.549. The lowest BCUT2D eigenvalue weighted by atomic mass is 9.98. The molecule has 0 fully saturated rings. The Kier molecular flexibility index (Phi) is 6.75. The number of anilines is 1. The van der Waals surface area contributed by atoms with Gasteiger partial charge in [0.2, 0.25) is 0 Å². The zero-order chi connectivity index (χ0) is 16.2. The van der Waals surface area contributed by atoms with Crippen molar-refractivity contribution in [2.45, 2.75) is 12.1 Å². The Bertz CT molecular complexity index is 655. The first-order chi connectivity index (χ1) is 11.2. The fourth-order valence-electron chi connectivity index (χ4n) is 3.08. The van der Waals surface area contributed by atoms with Crippen LogP contribution >= 0.6 is 24.0 Å². The molecule has 2 aromatic rings. The van der Waals surface area contributed by atoms with Gasteiger partial charge < -0.3 is 20.1 Å². The van der Waals surface area contributed by atoms with Crippen LogP contribution in [0.5, 0.6) is 5.75 Å². The Morgan fingerprint density at radius 3 is 2.71 bits per heavy atom. The predicted octanol–water partition coefficient (Wildman–Crippen LogP) is 3.28. The first kappa shape index (κ1) is 18.9. The zero-order valence-corrected chi connectivity index (χ0v) is 15.1. The minimum atomic E-state index is -0.549. The second-order valence-electron chi connectivity index (χ2n) is 5.63. The highest BCUT2D eigenvalue weighted by Gasteiger charge is 2.31. The fraction of sp³-hybridized carbons (Fsp3) is 0.333. The molecule has 0 saturated heterocycles. The van der Waals surface area contributed by atoms with Crippen molar-refractivity contribution in [3.8, 4) is 5.75 Å². The van der Waals surface area contributed by atoms with E-state index >= 15 is 0 Å². The van der Waals surface area contributed by atoms with Crippen LogP contribution in [-0.4, -0.2) is 38.0 Å². The van der Waals surface area contributed by atoms with E-state index < -0.39 is 6.10 Å². The molecule has 2 aromatic carbocycles. The second-order valence-corrected chi connectivity index (χ2v) is 6.07. The minimum Gasteiger partial charge on any atom is -0.490 e. The molecular formula is C18H22Cl2N2O2. The smallest absolute Gasteiger partial charge is 0.142 e. The number of rotatable bonds is 5. The Morgan fingerprint density at radius 1 is 1.25 bits per heavy atom. The topological polar surface area (TPSA) is 44.7 Å². The van der Waals surface area contributed by atoms with Gasteiger partial charge in [0.05, 0.1) is 24.4 Å². The summed E-state index contributed by atoms with van der Waals surface area (Å²) < 4.78 is 5.74. The van der Waals surface area contributed by atoms with Crippen molar-refractivity contribution in [1.29, 1.82) is 0 Å². The lowest BCUT2D eigenvalue weighted by Crippen LogP contribution is -2.44. The van der Waals surface area contributed by atoms with Crippen LogP contribution in [0.4, 0.5) is 5.69 Å². The largest absolute Gasteiger partial charge is 0.490 e. The van der Waals surface area contributed by atoms with E-state index in [0.717, 1.165) is 17.0 Å². The number of hydrogen-bond acceptors (Lipinski definition) is 4. The number of aliphatic hydroxyl groups excluding tert-OH is 1. The molecule has 0 bridgehead atoms. The molecule has 0 amide bonds. The average molecular weight is 369 g/mol. The predicted molar refractivity (Wildman–Crippen MR) is 101 cm³/mol. The van der Waals surface area contributed by atoms with Gasteiger partial charge in [0.25, 0.3) is 0 Å². The molecule has 2 N–H and O–H groups in total. The number of hydrogen-bond donors (Lipinski definition) is 2. The van der Waals surface area contributed by atoms with E-state index in [4.69, 9.17) is 16.3 Å². The van der Waals surface area contributed by atoms with Gasteiger partial charge in [-0.15, -0.1) is 12.4 Å². The number of fused-ring (bicyclic) bond motifs is 1. The molecule has 1 aliphatic heterocycles. The Hall–Kier alpha value is -1.46. The van der Waals surface area contributed by atoms with Crippen LogP contribution in [0.25, 0.3) is 0 Å². The van der Waals surface area contributed by atoms with Crippen molar-refractivity contribution in [1.82, 2.24) is 5.32 Å². The van der Waals surface area contributed by atoms with Crippen molar-refractivity contribution in [3.63, 3.8) is 0 Å². The third kappa shape index (κ3) is 3.95. The number of benzene rings is 2. The molecule has 0 spiro atoms. The third-order valence-electron chi connectivity index (χ3n) is 4.07. The van der Waals surface area contributed by atoms with Gasteiger partial charge in [0.15, 0.2) is 0 Å². The van der Waals surface area contributed by atoms with Gasteiger partial charge in [0.1, 0.15) is 12.4 Å². The van der Waals surface area contributed by atoms with E-state index in [-0.39, 0.29) is 18.4 Å². The molecule has 0 radical (unpaired) electrons. The van der Waals surface area contributed by atoms with Crippen LogP contribution in [0.3, 0.4) is 0 Å². The summed E-state index contributed by atoms with van der Waals surface area (Å²) in [4.78, 5) is 2.18. The molecule has 6 heteroatoms. The standard InChI is InChI=1S/C18H21ClN2O2.ClH/c1-20-12-16(22)18(13-5-3-2-4-6-13)21-9-10-23-17-8-7-14(19)11-15(17)21;/h2-8,11,16,18,20,22H,9-10,12H2,1H3;1H/t16-,18+;/m1./s1. The first-order valence-corrected chi connectivity index (χ1v) is 8.15. The Labute approximate surface area is 153 Å². The fourth-order valence-corrected chi connectivity index (χ4v) is 3.25. The monoisotopic (exact) mass is 368 g/mol. The number of aliphatic hydroxyl groups is 1. The summed E-state index contributed by atoms with van der Waals surface area (Å²) in [5, 5.41) is 14.5. The maximum atomic E-state index is 10.7. The van der Waals surface area contributed by atoms with E-state index in [1.807, 2.05) is 55.6 Å². The Morgan fingerprint density at radius 2 is 2.00 bits per heavy atom. The molecule has 130 valence electrons. The van der Waals surface area contributed by atoms with E-state index in [1.54, 1.807) is 0 Å². The SMILES string of the molecule is CNC[C@@H](O)[C@H](c1ccccc1)N1CCOc2ccc(Cl)cc21.Cl. The molecule has 3 rings (SSSR count). The second kappa shape index (κ2) is 8.58. The number of ether oxygens (including phenoxy) is 1. The normalized spacial score (nSPS) is 15.7. The van der Waals surface area contributed by atoms with E-state index in [0.29, 0.717) is 24.7 Å². The molecular weight excluding hydrogens is 347 g/mol. The maximum Gasteiger partial charge on any atom is 0.142 e. The van der Waals surface area contributed by atoms with Gasteiger partial charge in [-0.1, -0.05) is 41.9 Å². The van der Waals surface area contributed by atoms with Crippen LogP contribution in [0.1, 0.15) is 11.6 Å². The maximum absolute atomic E-state index is 10.7. The number of halogens is 2. The van der Waals surface area contributed by atoms with E-state index in [1.165, 1.54) is 0 Å². The van der Waals surface area contributed by atoms with Gasteiger partial charge in [-0.2, -0.15) is 0 Å². The highest BCUT2D eigenvalue weighted by atomic mass is 35.5. The summed E-state index contributed by atoms with van der Waals surface area (Å²) in [5.41, 5.74) is 2.00. The summed E-state index contributed by atoms with van der Waals surface area (Å²) in [5.74, 6) is 0.804. The van der Waals surface area contributed by atoms with Crippen LogP contribution in [0.15, 0.2) is 48.5 Å². The van der Waals surface area contributed by atoms with Crippen molar-refractivity contribution in [2.75, 3.05) is 31.6 Å². The number of nitrogens with one attached hydrogen (secondary N) is 1. The van der Waals surface area contributed by atoms with E-state index in [2.05, 4.69) is 10.2 Å². The quantitative estimate of drug-likeness (QED) is 0.849. The molecule has 4 nitrogen and oxygen atoms in total. The number of nitrogens with zero attached hydrogens (tertiary/aromatic N) is 1. The Balaban J connectivity index is 0.00000208. The lowest BCUT2D eigenvalue weighted by Gasteiger charge is -2.40. The van der Waals surface area contributed by atoms with E-state index in [9.17, 15) is 5.11 Å². The molecule has 2 atom stereocenters. The number of likely N-dealkylation sites (N-methyl/N-ethyl adjacent to an activating group) is 1. The van der Waals surface area contributed by atoms with Gasteiger partial charge in [-0.05, 0) is 30.8 Å². The van der Waals surface area contributed by atoms with Crippen molar-refractivity contribution >= 4 is 29.7 Å². The molecule has 1 heterocycles. The molecule has 0 aromatic heterocycles. The molecule has 24 heavy (non-hydrogen) atoms. The van der Waals surface area contributed by atoms with Crippen LogP contribution in [-0.2, 0) is 0 Å².